The normalized spacial score (nSPS) is 13.5. The van der Waals surface area contributed by atoms with Crippen LogP contribution in [-0.4, -0.2) is 28.1 Å². The highest BCUT2D eigenvalue weighted by molar-refractivity contribution is 7.91. The van der Waals surface area contributed by atoms with Crippen molar-refractivity contribution in [3.63, 3.8) is 0 Å². The summed E-state index contributed by atoms with van der Waals surface area (Å²) in [4.78, 5) is 1.10. The van der Waals surface area contributed by atoms with Crippen molar-refractivity contribution in [3.05, 3.63) is 17.0 Å². The first-order valence-corrected chi connectivity index (χ1v) is 10.1. The predicted octanol–water partition coefficient (Wildman–Crippen LogP) is 3.15. The van der Waals surface area contributed by atoms with Crippen molar-refractivity contribution in [2.45, 2.75) is 62.6 Å². The smallest absolute Gasteiger partial charge is 0.250 e. The maximum atomic E-state index is 12.5. The fraction of sp³-hybridized carbons (Fsp3) is 0.733. The van der Waals surface area contributed by atoms with Crippen LogP contribution in [0.15, 0.2) is 16.3 Å². The van der Waals surface area contributed by atoms with E-state index in [1.54, 1.807) is 6.07 Å². The second kappa shape index (κ2) is 9.56. The zero-order chi connectivity index (χ0) is 15.7. The summed E-state index contributed by atoms with van der Waals surface area (Å²) in [5.74, 6) is 0. The third kappa shape index (κ3) is 6.46. The van der Waals surface area contributed by atoms with Gasteiger partial charge in [0.25, 0.3) is 0 Å². The van der Waals surface area contributed by atoms with Crippen LogP contribution in [0.2, 0.25) is 0 Å². The first-order valence-electron chi connectivity index (χ1n) is 7.79. The van der Waals surface area contributed by atoms with Crippen molar-refractivity contribution in [2.75, 3.05) is 13.6 Å². The van der Waals surface area contributed by atoms with E-state index >= 15 is 0 Å². The lowest BCUT2D eigenvalue weighted by Gasteiger charge is -2.17. The van der Waals surface area contributed by atoms with Crippen LogP contribution in [0.25, 0.3) is 0 Å². The molecule has 0 fully saturated rings. The number of nitrogens with one attached hydrogen (secondary N) is 2. The summed E-state index contributed by atoms with van der Waals surface area (Å²) in [7, 11) is -1.47. The van der Waals surface area contributed by atoms with Crippen molar-refractivity contribution < 1.29 is 8.42 Å². The average Bonchev–Trinajstić information content (AvgIpc) is 2.92. The van der Waals surface area contributed by atoms with Crippen LogP contribution in [0.4, 0.5) is 0 Å². The Labute approximate surface area is 133 Å². The highest BCUT2D eigenvalue weighted by Gasteiger charge is 2.21. The lowest BCUT2D eigenvalue weighted by molar-refractivity contribution is 0.484. The molecule has 0 amide bonds. The maximum absolute atomic E-state index is 12.5. The van der Waals surface area contributed by atoms with E-state index in [1.165, 1.54) is 11.3 Å². The molecular formula is C15H28N2O2S2. The maximum Gasteiger partial charge on any atom is 0.250 e. The Kier molecular flexibility index (Phi) is 8.48. The minimum atomic E-state index is -3.37. The third-order valence-corrected chi connectivity index (χ3v) is 6.55. The molecule has 1 heterocycles. The first kappa shape index (κ1) is 18.6. The molecule has 0 aliphatic carbocycles. The Morgan fingerprint density at radius 1 is 1.19 bits per heavy atom. The van der Waals surface area contributed by atoms with Gasteiger partial charge < -0.3 is 5.32 Å². The molecule has 1 aromatic heterocycles. The molecule has 0 aromatic carbocycles. The Hall–Kier alpha value is -0.430. The Morgan fingerprint density at radius 3 is 2.57 bits per heavy atom. The Morgan fingerprint density at radius 2 is 1.95 bits per heavy atom. The zero-order valence-electron chi connectivity index (χ0n) is 13.3. The number of rotatable bonds is 11. The highest BCUT2D eigenvalue weighted by atomic mass is 32.2. The van der Waals surface area contributed by atoms with E-state index in [2.05, 4.69) is 23.9 Å². The molecule has 21 heavy (non-hydrogen) atoms. The van der Waals surface area contributed by atoms with Gasteiger partial charge in [-0.15, -0.1) is 11.3 Å². The summed E-state index contributed by atoms with van der Waals surface area (Å²) in [5, 5.41) is 3.08. The molecule has 2 N–H and O–H groups in total. The van der Waals surface area contributed by atoms with Gasteiger partial charge in [0.15, 0.2) is 0 Å². The molecule has 0 radical (unpaired) electrons. The number of hydrogen-bond acceptors (Lipinski definition) is 4. The number of unbranched alkanes of at least 4 members (excludes halogenated alkanes) is 1. The first-order chi connectivity index (χ1) is 10.0. The van der Waals surface area contributed by atoms with E-state index < -0.39 is 10.0 Å². The van der Waals surface area contributed by atoms with Gasteiger partial charge in [-0.1, -0.05) is 33.1 Å². The predicted molar refractivity (Wildman–Crippen MR) is 90.5 cm³/mol. The largest absolute Gasteiger partial charge is 0.319 e. The molecule has 0 spiro atoms. The van der Waals surface area contributed by atoms with Gasteiger partial charge in [-0.05, 0) is 45.0 Å². The van der Waals surface area contributed by atoms with Gasteiger partial charge in [0, 0.05) is 10.9 Å². The average molecular weight is 333 g/mol. The molecule has 0 bridgehead atoms. The lowest BCUT2D eigenvalue weighted by Crippen LogP contribution is -2.34. The molecule has 122 valence electrons. The molecule has 1 aromatic rings. The molecular weight excluding hydrogens is 304 g/mol. The van der Waals surface area contributed by atoms with Gasteiger partial charge in [-0.25, -0.2) is 13.1 Å². The summed E-state index contributed by atoms with van der Waals surface area (Å²) in [6.45, 7) is 5.08. The van der Waals surface area contributed by atoms with E-state index in [0.717, 1.165) is 49.9 Å². The van der Waals surface area contributed by atoms with Crippen molar-refractivity contribution in [3.8, 4) is 0 Å². The van der Waals surface area contributed by atoms with E-state index in [1.807, 2.05) is 13.1 Å². The quantitative estimate of drug-likeness (QED) is 0.654. The number of likely N-dealkylation sites (N-methyl/N-ethyl adjacent to an activating group) is 1. The molecule has 0 saturated carbocycles. The summed E-state index contributed by atoms with van der Waals surface area (Å²) in [5.41, 5.74) is 0. The van der Waals surface area contributed by atoms with Gasteiger partial charge in [0.1, 0.15) is 4.21 Å². The molecule has 0 aliphatic heterocycles. The summed E-state index contributed by atoms with van der Waals surface area (Å²) >= 11 is 1.37. The van der Waals surface area contributed by atoms with Crippen LogP contribution < -0.4 is 10.0 Å². The number of thiophene rings is 1. The summed E-state index contributed by atoms with van der Waals surface area (Å²) < 4.78 is 28.2. The molecule has 1 unspecified atom stereocenters. The lowest BCUT2D eigenvalue weighted by atomic mass is 10.1. The van der Waals surface area contributed by atoms with Gasteiger partial charge in [-0.2, -0.15) is 0 Å². The van der Waals surface area contributed by atoms with E-state index in [9.17, 15) is 8.42 Å². The van der Waals surface area contributed by atoms with Crippen molar-refractivity contribution in [2.24, 2.45) is 0 Å². The van der Waals surface area contributed by atoms with Gasteiger partial charge in [-0.3, -0.25) is 0 Å². The molecule has 4 nitrogen and oxygen atoms in total. The van der Waals surface area contributed by atoms with Crippen LogP contribution in [-0.2, 0) is 16.4 Å². The van der Waals surface area contributed by atoms with Crippen molar-refractivity contribution in [1.29, 1.82) is 0 Å². The summed E-state index contributed by atoms with van der Waals surface area (Å²) in [6, 6.07) is 3.70. The SMILES string of the molecule is CCCCC(CCC)NS(=O)(=O)c1ccc(CCNC)s1. The molecule has 0 saturated heterocycles. The Balaban J connectivity index is 2.71. The van der Waals surface area contributed by atoms with Crippen LogP contribution in [0.3, 0.4) is 0 Å². The van der Waals surface area contributed by atoms with E-state index in [-0.39, 0.29) is 6.04 Å². The Bertz CT molecular complexity index is 498. The van der Waals surface area contributed by atoms with E-state index in [4.69, 9.17) is 0 Å². The number of hydrogen-bond donors (Lipinski definition) is 2. The molecule has 1 atom stereocenters. The van der Waals surface area contributed by atoms with Crippen molar-refractivity contribution >= 4 is 21.4 Å². The second-order valence-electron chi connectivity index (χ2n) is 5.32. The topological polar surface area (TPSA) is 58.2 Å². The third-order valence-electron chi connectivity index (χ3n) is 3.39. The second-order valence-corrected chi connectivity index (χ2v) is 8.43. The summed E-state index contributed by atoms with van der Waals surface area (Å²) in [6.07, 6.45) is 5.83. The standard InChI is InChI=1S/C15H28N2O2S2/c1-4-6-8-13(7-5-2)17-21(18,19)15-10-9-14(20-15)11-12-16-3/h9-10,13,16-17H,4-8,11-12H2,1-3H3. The number of sulfonamides is 1. The fourth-order valence-corrected chi connectivity index (χ4v) is 4.90. The van der Waals surface area contributed by atoms with Crippen molar-refractivity contribution in [1.82, 2.24) is 10.0 Å². The van der Waals surface area contributed by atoms with Gasteiger partial charge in [0.05, 0.1) is 0 Å². The minimum Gasteiger partial charge on any atom is -0.319 e. The molecule has 1 rings (SSSR count). The highest BCUT2D eigenvalue weighted by Crippen LogP contribution is 2.23. The van der Waals surface area contributed by atoms with Gasteiger partial charge in [0.2, 0.25) is 10.0 Å². The van der Waals surface area contributed by atoms with Crippen LogP contribution in [0.5, 0.6) is 0 Å². The molecule has 0 aliphatic rings. The van der Waals surface area contributed by atoms with E-state index in [0.29, 0.717) is 4.21 Å². The van der Waals surface area contributed by atoms with Crippen LogP contribution >= 0.6 is 11.3 Å². The molecule has 6 heteroatoms. The van der Waals surface area contributed by atoms with Gasteiger partial charge >= 0.3 is 0 Å². The van der Waals surface area contributed by atoms with Crippen LogP contribution in [0, 0.1) is 0 Å². The monoisotopic (exact) mass is 332 g/mol. The zero-order valence-corrected chi connectivity index (χ0v) is 14.9. The van der Waals surface area contributed by atoms with Crippen LogP contribution in [0.1, 0.15) is 50.8 Å². The fourth-order valence-electron chi connectivity index (χ4n) is 2.22. The minimum absolute atomic E-state index is 0.0582.